The van der Waals surface area contributed by atoms with E-state index in [9.17, 15) is 18.0 Å². The molecule has 0 aliphatic heterocycles. The number of allylic oxidation sites excluding steroid dienone is 3. The van der Waals surface area contributed by atoms with Gasteiger partial charge in [0.05, 0.1) is 5.56 Å². The molecule has 0 spiro atoms. The van der Waals surface area contributed by atoms with Crippen LogP contribution in [-0.2, 0) is 22.3 Å². The number of hydrogen-bond donors (Lipinski definition) is 1. The number of alkyl halides is 3. The van der Waals surface area contributed by atoms with E-state index in [0.29, 0.717) is 39.7 Å². The largest absolute Gasteiger partial charge is 0.487 e. The Morgan fingerprint density at radius 1 is 1.29 bits per heavy atom. The molecule has 0 N–H and O–H groups in total. The number of oxazole rings is 1. The zero-order valence-electron chi connectivity index (χ0n) is 17.3. The molecule has 2 aromatic rings. The number of aromatic nitrogens is 1. The Bertz CT molecular complexity index is 973. The molecule has 0 saturated heterocycles. The van der Waals surface area contributed by atoms with Crippen LogP contribution in [0.15, 0.2) is 64.3 Å². The van der Waals surface area contributed by atoms with Crippen LogP contribution in [0.3, 0.4) is 0 Å². The number of carbonyl (C=O) groups excluding carboxylic acids is 1. The van der Waals surface area contributed by atoms with E-state index in [0.717, 1.165) is 24.8 Å². The van der Waals surface area contributed by atoms with E-state index in [1.54, 1.807) is 13.0 Å². The van der Waals surface area contributed by atoms with Crippen LogP contribution in [0.1, 0.15) is 36.8 Å². The monoisotopic (exact) mass is 451 g/mol. The highest BCUT2D eigenvalue weighted by Gasteiger charge is 2.30. The molecule has 0 radical (unpaired) electrons. The molecular weight excluding hydrogens is 427 g/mol. The fourth-order valence-corrected chi connectivity index (χ4v) is 3.06. The summed E-state index contributed by atoms with van der Waals surface area (Å²) in [6.07, 6.45) is 1.03. The van der Waals surface area contributed by atoms with Crippen molar-refractivity contribution in [1.29, 1.82) is 0 Å². The first-order chi connectivity index (χ1) is 14.7. The number of ether oxygens (including phenoxy) is 1. The van der Waals surface area contributed by atoms with Crippen LogP contribution < -0.4 is 0 Å². The van der Waals surface area contributed by atoms with Crippen LogP contribution in [0.25, 0.3) is 11.5 Å². The quantitative estimate of drug-likeness (QED) is 0.194. The van der Waals surface area contributed by atoms with Crippen LogP contribution in [0.2, 0.25) is 0 Å². The van der Waals surface area contributed by atoms with Gasteiger partial charge in [-0.2, -0.15) is 25.8 Å². The van der Waals surface area contributed by atoms with Crippen molar-refractivity contribution >= 4 is 18.9 Å². The number of hydrogen-bond acceptors (Lipinski definition) is 5. The van der Waals surface area contributed by atoms with Gasteiger partial charge in [0.2, 0.25) is 5.89 Å². The van der Waals surface area contributed by atoms with Crippen molar-refractivity contribution < 1.29 is 27.1 Å². The first-order valence-electron chi connectivity index (χ1n) is 9.60. The number of aldehydes is 1. The third kappa shape index (κ3) is 6.62. The second kappa shape index (κ2) is 11.0. The van der Waals surface area contributed by atoms with Crippen LogP contribution in [0, 0.1) is 6.92 Å². The summed E-state index contributed by atoms with van der Waals surface area (Å²) in [5.41, 5.74) is 1.53. The van der Waals surface area contributed by atoms with E-state index >= 15 is 0 Å². The van der Waals surface area contributed by atoms with Crippen LogP contribution in [0.4, 0.5) is 13.2 Å². The topological polar surface area (TPSA) is 52.3 Å². The fraction of sp³-hybridized carbons (Fsp3) is 0.304. The minimum Gasteiger partial charge on any atom is -0.487 e. The van der Waals surface area contributed by atoms with Crippen molar-refractivity contribution in [3.8, 4) is 11.5 Å². The molecule has 0 bridgehead atoms. The van der Waals surface area contributed by atoms with Crippen LogP contribution in [-0.4, -0.2) is 17.0 Å². The van der Waals surface area contributed by atoms with Gasteiger partial charge in [0.25, 0.3) is 0 Å². The Labute approximate surface area is 184 Å². The second-order valence-corrected chi connectivity index (χ2v) is 6.99. The minimum absolute atomic E-state index is 0.0744. The molecule has 0 amide bonds. The Morgan fingerprint density at radius 3 is 2.52 bits per heavy atom. The summed E-state index contributed by atoms with van der Waals surface area (Å²) in [6, 6.07) is 4.60. The SMILES string of the molecule is C=C(CC=O)/C(CS)=C(/C=C\CC)OCc1nc(-c2ccc(C(F)(F)F)cc2)oc1C. The normalized spacial score (nSPS) is 12.7. The van der Waals surface area contributed by atoms with Gasteiger partial charge in [0.1, 0.15) is 30.1 Å². The maximum Gasteiger partial charge on any atom is 0.416 e. The van der Waals surface area contributed by atoms with Gasteiger partial charge < -0.3 is 13.9 Å². The van der Waals surface area contributed by atoms with Gasteiger partial charge in [-0.25, -0.2) is 4.98 Å². The maximum absolute atomic E-state index is 12.8. The Hall–Kier alpha value is -2.74. The molecular formula is C23H24F3NO3S. The predicted octanol–water partition coefficient (Wildman–Crippen LogP) is 6.48. The highest BCUT2D eigenvalue weighted by molar-refractivity contribution is 7.80. The van der Waals surface area contributed by atoms with Gasteiger partial charge >= 0.3 is 6.18 Å². The molecule has 1 heterocycles. The van der Waals surface area contributed by atoms with E-state index in [2.05, 4.69) is 24.2 Å². The third-order valence-corrected chi connectivity index (χ3v) is 4.75. The van der Waals surface area contributed by atoms with Crippen molar-refractivity contribution in [3.05, 3.63) is 76.9 Å². The molecule has 0 unspecified atom stereocenters. The number of rotatable bonds is 10. The third-order valence-electron chi connectivity index (χ3n) is 4.43. The number of aryl methyl sites for hydroxylation is 1. The van der Waals surface area contributed by atoms with Crippen molar-refractivity contribution in [1.82, 2.24) is 4.98 Å². The summed E-state index contributed by atoms with van der Waals surface area (Å²) in [4.78, 5) is 15.2. The smallest absolute Gasteiger partial charge is 0.416 e. The van der Waals surface area contributed by atoms with Crippen molar-refractivity contribution in [3.63, 3.8) is 0 Å². The standard InChI is InChI=1S/C23H24F3NO3S/c1-4-5-6-21(19(14-31)15(2)11-12-28)29-13-20-16(3)30-22(27-20)17-7-9-18(10-8-17)23(24,25)26/h5-10,12,31H,2,4,11,13-14H2,1,3H3/b6-5-,21-19-. The van der Waals surface area contributed by atoms with Gasteiger partial charge in [-0.15, -0.1) is 0 Å². The molecule has 31 heavy (non-hydrogen) atoms. The lowest BCUT2D eigenvalue weighted by Crippen LogP contribution is -2.04. The lowest BCUT2D eigenvalue weighted by Gasteiger charge is -2.13. The highest BCUT2D eigenvalue weighted by atomic mass is 32.1. The van der Waals surface area contributed by atoms with Gasteiger partial charge in [0.15, 0.2) is 0 Å². The molecule has 166 valence electrons. The second-order valence-electron chi connectivity index (χ2n) is 6.67. The van der Waals surface area contributed by atoms with Gasteiger partial charge in [0, 0.05) is 23.3 Å². The van der Waals surface area contributed by atoms with Gasteiger partial charge in [-0.1, -0.05) is 19.6 Å². The van der Waals surface area contributed by atoms with Crippen LogP contribution in [0.5, 0.6) is 0 Å². The molecule has 0 aliphatic rings. The molecule has 0 fully saturated rings. The predicted molar refractivity (Wildman–Crippen MR) is 117 cm³/mol. The molecule has 4 nitrogen and oxygen atoms in total. The molecule has 1 aromatic carbocycles. The van der Waals surface area contributed by atoms with Gasteiger partial charge in [-0.3, -0.25) is 0 Å². The number of thiol groups is 1. The zero-order chi connectivity index (χ0) is 23.0. The van der Waals surface area contributed by atoms with Crippen molar-refractivity contribution in [2.75, 3.05) is 5.75 Å². The molecule has 2 rings (SSSR count). The highest BCUT2D eigenvalue weighted by Crippen LogP contribution is 2.31. The average molecular weight is 452 g/mol. The van der Waals surface area contributed by atoms with E-state index in [-0.39, 0.29) is 18.9 Å². The summed E-state index contributed by atoms with van der Waals surface area (Å²) >= 11 is 4.33. The number of carbonyl (C=O) groups is 1. The number of halogens is 3. The summed E-state index contributed by atoms with van der Waals surface area (Å²) in [5.74, 6) is 1.57. The maximum atomic E-state index is 12.8. The van der Waals surface area contributed by atoms with E-state index < -0.39 is 11.7 Å². The fourth-order valence-electron chi connectivity index (χ4n) is 2.68. The first kappa shape index (κ1) is 24.5. The van der Waals surface area contributed by atoms with E-state index in [1.165, 1.54) is 12.1 Å². The molecule has 0 saturated carbocycles. The Balaban J connectivity index is 2.26. The summed E-state index contributed by atoms with van der Waals surface area (Å²) in [5, 5.41) is 0. The summed E-state index contributed by atoms with van der Waals surface area (Å²) in [6.45, 7) is 7.68. The number of benzene rings is 1. The summed E-state index contributed by atoms with van der Waals surface area (Å²) < 4.78 is 49.8. The first-order valence-corrected chi connectivity index (χ1v) is 10.2. The molecule has 0 atom stereocenters. The minimum atomic E-state index is -4.41. The van der Waals surface area contributed by atoms with Gasteiger partial charge in [-0.05, 0) is 49.3 Å². The number of nitrogens with zero attached hydrogens (tertiary/aromatic N) is 1. The zero-order valence-corrected chi connectivity index (χ0v) is 18.2. The summed E-state index contributed by atoms with van der Waals surface area (Å²) in [7, 11) is 0. The molecule has 1 aromatic heterocycles. The van der Waals surface area contributed by atoms with Crippen LogP contribution >= 0.6 is 12.6 Å². The molecule has 0 aliphatic carbocycles. The van der Waals surface area contributed by atoms with Crippen molar-refractivity contribution in [2.24, 2.45) is 0 Å². The van der Waals surface area contributed by atoms with E-state index in [1.807, 2.05) is 13.0 Å². The lowest BCUT2D eigenvalue weighted by molar-refractivity contribution is -0.137. The van der Waals surface area contributed by atoms with E-state index in [4.69, 9.17) is 9.15 Å². The average Bonchev–Trinajstić information content (AvgIpc) is 3.10. The Kier molecular flexibility index (Phi) is 8.74. The van der Waals surface area contributed by atoms with Crippen molar-refractivity contribution in [2.45, 2.75) is 39.5 Å². The Morgan fingerprint density at radius 2 is 1.97 bits per heavy atom. The molecule has 8 heteroatoms. The lowest BCUT2D eigenvalue weighted by atomic mass is 10.1.